The molecule has 1 heterocycles. The number of amides is 1. The van der Waals surface area contributed by atoms with Crippen LogP contribution in [-0.2, 0) is 6.54 Å². The van der Waals surface area contributed by atoms with E-state index in [0.29, 0.717) is 30.2 Å². The fourth-order valence-corrected chi connectivity index (χ4v) is 2.58. The minimum Gasteiger partial charge on any atom is -0.454 e. The lowest BCUT2D eigenvalue weighted by molar-refractivity contribution is 0.0751. The van der Waals surface area contributed by atoms with Gasteiger partial charge < -0.3 is 14.4 Å². The van der Waals surface area contributed by atoms with Crippen molar-refractivity contribution >= 4 is 5.91 Å². The van der Waals surface area contributed by atoms with Gasteiger partial charge in [-0.2, -0.15) is 0 Å². The molecule has 0 N–H and O–H groups in total. The van der Waals surface area contributed by atoms with Crippen LogP contribution in [0.5, 0.6) is 11.5 Å². The molecule has 0 atom stereocenters. The Morgan fingerprint density at radius 2 is 1.96 bits per heavy atom. The summed E-state index contributed by atoms with van der Waals surface area (Å²) in [4.78, 5) is 14.4. The number of benzene rings is 2. The van der Waals surface area contributed by atoms with Gasteiger partial charge >= 0.3 is 0 Å². The third-order valence-corrected chi connectivity index (χ3v) is 3.91. The average molecular weight is 315 g/mol. The number of carbonyl (C=O) groups is 1. The molecule has 2 aromatic carbocycles. The molecule has 0 bridgehead atoms. The number of halogens is 1. The minimum absolute atomic E-state index is 0.179. The standard InChI is InChI=1S/C18H18FNO3/c1-3-20(18(21)15-9-14(19)6-4-12(15)2)10-13-5-7-16-17(8-13)23-11-22-16/h4-9H,3,10-11H2,1-2H3. The second-order valence-corrected chi connectivity index (χ2v) is 5.47. The Kier molecular flexibility index (Phi) is 4.19. The van der Waals surface area contributed by atoms with Crippen LogP contribution in [0.4, 0.5) is 4.39 Å². The summed E-state index contributed by atoms with van der Waals surface area (Å²) in [6.07, 6.45) is 0. The van der Waals surface area contributed by atoms with Crippen molar-refractivity contribution in [1.82, 2.24) is 4.90 Å². The second kappa shape index (κ2) is 6.28. The molecule has 1 amide bonds. The molecule has 0 radical (unpaired) electrons. The third-order valence-electron chi connectivity index (χ3n) is 3.91. The molecule has 120 valence electrons. The van der Waals surface area contributed by atoms with Crippen molar-refractivity contribution in [3.8, 4) is 11.5 Å². The first-order valence-corrected chi connectivity index (χ1v) is 7.52. The Labute approximate surface area is 134 Å². The lowest BCUT2D eigenvalue weighted by Crippen LogP contribution is -2.30. The zero-order valence-electron chi connectivity index (χ0n) is 13.1. The minimum atomic E-state index is -0.405. The second-order valence-electron chi connectivity index (χ2n) is 5.47. The van der Waals surface area contributed by atoms with Gasteiger partial charge in [0, 0.05) is 18.7 Å². The molecule has 23 heavy (non-hydrogen) atoms. The maximum absolute atomic E-state index is 13.5. The molecule has 5 heteroatoms. The highest BCUT2D eigenvalue weighted by atomic mass is 19.1. The summed E-state index contributed by atoms with van der Waals surface area (Å²) in [5.74, 6) is 0.817. The van der Waals surface area contributed by atoms with E-state index >= 15 is 0 Å². The van der Waals surface area contributed by atoms with E-state index in [1.165, 1.54) is 12.1 Å². The Hall–Kier alpha value is -2.56. The van der Waals surface area contributed by atoms with Gasteiger partial charge in [0.15, 0.2) is 11.5 Å². The smallest absolute Gasteiger partial charge is 0.254 e. The largest absolute Gasteiger partial charge is 0.454 e. The van der Waals surface area contributed by atoms with Crippen LogP contribution in [0.25, 0.3) is 0 Å². The topological polar surface area (TPSA) is 38.8 Å². The van der Waals surface area contributed by atoms with Gasteiger partial charge in [-0.15, -0.1) is 0 Å². The van der Waals surface area contributed by atoms with Crippen LogP contribution < -0.4 is 9.47 Å². The van der Waals surface area contributed by atoms with E-state index in [1.807, 2.05) is 25.1 Å². The number of hydrogen-bond acceptors (Lipinski definition) is 3. The Bertz CT molecular complexity index is 745. The van der Waals surface area contributed by atoms with Gasteiger partial charge in [-0.25, -0.2) is 4.39 Å². The quantitative estimate of drug-likeness (QED) is 0.866. The number of ether oxygens (including phenoxy) is 2. The molecule has 0 aliphatic carbocycles. The van der Waals surface area contributed by atoms with E-state index in [-0.39, 0.29) is 12.7 Å². The predicted molar refractivity (Wildman–Crippen MR) is 84.1 cm³/mol. The van der Waals surface area contributed by atoms with Crippen molar-refractivity contribution in [2.75, 3.05) is 13.3 Å². The highest BCUT2D eigenvalue weighted by Gasteiger charge is 2.19. The number of nitrogens with zero attached hydrogens (tertiary/aromatic N) is 1. The first kappa shape index (κ1) is 15.3. The van der Waals surface area contributed by atoms with Crippen LogP contribution in [0, 0.1) is 12.7 Å². The van der Waals surface area contributed by atoms with Crippen LogP contribution in [0.3, 0.4) is 0 Å². The Morgan fingerprint density at radius 1 is 1.17 bits per heavy atom. The van der Waals surface area contributed by atoms with Gasteiger partial charge in [0.1, 0.15) is 5.82 Å². The van der Waals surface area contributed by atoms with Crippen LogP contribution in [0.15, 0.2) is 36.4 Å². The summed E-state index contributed by atoms with van der Waals surface area (Å²) in [6, 6.07) is 9.89. The maximum atomic E-state index is 13.5. The van der Waals surface area contributed by atoms with Gasteiger partial charge in [0.25, 0.3) is 5.91 Å². The summed E-state index contributed by atoms with van der Waals surface area (Å²) in [6.45, 7) is 4.89. The lowest BCUT2D eigenvalue weighted by Gasteiger charge is -2.22. The lowest BCUT2D eigenvalue weighted by atomic mass is 10.1. The molecule has 0 fully saturated rings. The van der Waals surface area contributed by atoms with Crippen molar-refractivity contribution in [3.63, 3.8) is 0 Å². The van der Waals surface area contributed by atoms with E-state index in [9.17, 15) is 9.18 Å². The number of rotatable bonds is 4. The van der Waals surface area contributed by atoms with E-state index < -0.39 is 5.82 Å². The molecule has 0 aromatic heterocycles. The van der Waals surface area contributed by atoms with E-state index in [2.05, 4.69) is 0 Å². The van der Waals surface area contributed by atoms with E-state index in [0.717, 1.165) is 11.1 Å². The van der Waals surface area contributed by atoms with Crippen molar-refractivity contribution in [2.24, 2.45) is 0 Å². The summed E-state index contributed by atoms with van der Waals surface area (Å²) < 4.78 is 24.1. The normalized spacial score (nSPS) is 12.3. The SMILES string of the molecule is CCN(Cc1ccc2c(c1)OCO2)C(=O)c1cc(F)ccc1C. The van der Waals surface area contributed by atoms with Gasteiger partial charge in [0.05, 0.1) is 0 Å². The summed E-state index contributed by atoms with van der Waals surface area (Å²) in [5, 5.41) is 0. The Balaban J connectivity index is 1.82. The number of hydrogen-bond donors (Lipinski definition) is 0. The molecule has 0 unspecified atom stereocenters. The molecule has 1 aliphatic rings. The molecule has 0 saturated carbocycles. The molecule has 0 spiro atoms. The molecule has 4 nitrogen and oxygen atoms in total. The fourth-order valence-electron chi connectivity index (χ4n) is 2.58. The Morgan fingerprint density at radius 3 is 2.74 bits per heavy atom. The third kappa shape index (κ3) is 3.13. The van der Waals surface area contributed by atoms with Crippen molar-refractivity contribution in [1.29, 1.82) is 0 Å². The van der Waals surface area contributed by atoms with Crippen LogP contribution in [0.2, 0.25) is 0 Å². The first-order chi connectivity index (χ1) is 11.1. The zero-order valence-corrected chi connectivity index (χ0v) is 13.1. The molecule has 3 rings (SSSR count). The van der Waals surface area contributed by atoms with Crippen LogP contribution in [-0.4, -0.2) is 24.1 Å². The number of aryl methyl sites for hydroxylation is 1. The fraction of sp³-hybridized carbons (Fsp3) is 0.278. The van der Waals surface area contributed by atoms with Crippen molar-refractivity contribution in [2.45, 2.75) is 20.4 Å². The molecular weight excluding hydrogens is 297 g/mol. The molecule has 1 aliphatic heterocycles. The summed E-state index contributed by atoms with van der Waals surface area (Å²) >= 11 is 0. The number of carbonyl (C=O) groups excluding carboxylic acids is 1. The van der Waals surface area contributed by atoms with Gasteiger partial charge in [-0.3, -0.25) is 4.79 Å². The predicted octanol–water partition coefficient (Wildman–Crippen LogP) is 3.53. The van der Waals surface area contributed by atoms with Crippen molar-refractivity contribution < 1.29 is 18.7 Å². The number of fused-ring (bicyclic) bond motifs is 1. The molecule has 2 aromatic rings. The van der Waals surface area contributed by atoms with Crippen molar-refractivity contribution in [3.05, 3.63) is 58.9 Å². The zero-order chi connectivity index (χ0) is 16.4. The van der Waals surface area contributed by atoms with E-state index in [4.69, 9.17) is 9.47 Å². The molecular formula is C18H18FNO3. The first-order valence-electron chi connectivity index (χ1n) is 7.52. The average Bonchev–Trinajstić information content (AvgIpc) is 3.02. The molecule has 0 saturated heterocycles. The maximum Gasteiger partial charge on any atom is 0.254 e. The van der Waals surface area contributed by atoms with Crippen LogP contribution in [0.1, 0.15) is 28.4 Å². The van der Waals surface area contributed by atoms with E-state index in [1.54, 1.807) is 17.9 Å². The van der Waals surface area contributed by atoms with Gasteiger partial charge in [-0.1, -0.05) is 12.1 Å². The summed E-state index contributed by atoms with van der Waals surface area (Å²) in [7, 11) is 0. The highest BCUT2D eigenvalue weighted by Crippen LogP contribution is 2.32. The van der Waals surface area contributed by atoms with Gasteiger partial charge in [-0.05, 0) is 49.2 Å². The monoisotopic (exact) mass is 315 g/mol. The highest BCUT2D eigenvalue weighted by molar-refractivity contribution is 5.95. The van der Waals surface area contributed by atoms with Gasteiger partial charge in [0.2, 0.25) is 6.79 Å². The summed E-state index contributed by atoms with van der Waals surface area (Å²) in [5.41, 5.74) is 2.10. The van der Waals surface area contributed by atoms with Crippen LogP contribution >= 0.6 is 0 Å².